The topological polar surface area (TPSA) is 21.3 Å². The lowest BCUT2D eigenvalue weighted by Gasteiger charge is -2.20. The van der Waals surface area contributed by atoms with Gasteiger partial charge in [0.25, 0.3) is 0 Å². The highest BCUT2D eigenvalue weighted by molar-refractivity contribution is 5.40. The molecule has 2 heteroatoms. The molecule has 2 aromatic carbocycles. The van der Waals surface area contributed by atoms with Gasteiger partial charge in [-0.1, -0.05) is 48.0 Å². The highest BCUT2D eigenvalue weighted by atomic mass is 16.5. The molecule has 19 heavy (non-hydrogen) atoms. The molecule has 0 amide bonds. The lowest BCUT2D eigenvalue weighted by atomic mass is 9.97. The lowest BCUT2D eigenvalue weighted by Crippen LogP contribution is -2.19. The van der Waals surface area contributed by atoms with Crippen LogP contribution in [-0.4, -0.2) is 14.2 Å². The summed E-state index contributed by atoms with van der Waals surface area (Å²) in [6.45, 7) is 2.11. The Morgan fingerprint density at radius 2 is 1.84 bits per heavy atom. The molecule has 0 fully saturated rings. The quantitative estimate of drug-likeness (QED) is 0.883. The summed E-state index contributed by atoms with van der Waals surface area (Å²) in [5.41, 5.74) is 3.79. The van der Waals surface area contributed by atoms with Crippen molar-refractivity contribution in [2.24, 2.45) is 0 Å². The minimum Gasteiger partial charge on any atom is -0.496 e. The van der Waals surface area contributed by atoms with Crippen molar-refractivity contribution < 1.29 is 4.74 Å². The summed E-state index contributed by atoms with van der Waals surface area (Å²) < 4.78 is 5.48. The molecule has 0 spiro atoms. The van der Waals surface area contributed by atoms with Crippen molar-refractivity contribution in [3.8, 4) is 5.75 Å². The number of likely N-dealkylation sites (N-methyl/N-ethyl adjacent to an activating group) is 1. The number of ether oxygens (including phenoxy) is 1. The predicted octanol–water partition coefficient (Wildman–Crippen LogP) is 3.51. The van der Waals surface area contributed by atoms with Gasteiger partial charge in [-0.15, -0.1) is 0 Å². The number of methoxy groups -OCH3 is 1. The molecule has 1 atom stereocenters. The summed E-state index contributed by atoms with van der Waals surface area (Å²) in [7, 11) is 3.72. The zero-order valence-corrected chi connectivity index (χ0v) is 11.8. The summed E-state index contributed by atoms with van der Waals surface area (Å²) in [5.74, 6) is 0.945. The van der Waals surface area contributed by atoms with Crippen molar-refractivity contribution in [3.63, 3.8) is 0 Å². The Kier molecular flexibility index (Phi) is 4.58. The maximum atomic E-state index is 5.48. The number of aryl methyl sites for hydroxylation is 1. The van der Waals surface area contributed by atoms with E-state index in [0.717, 1.165) is 12.2 Å². The molecular formula is C17H21NO. The number of nitrogens with one attached hydrogen (secondary N) is 1. The average Bonchev–Trinajstić information content (AvgIpc) is 2.46. The Hall–Kier alpha value is -1.80. The molecule has 2 rings (SSSR count). The second kappa shape index (κ2) is 6.39. The zero-order valence-electron chi connectivity index (χ0n) is 11.8. The standard InChI is InChI=1S/C17H21NO/c1-13-9-10-17(19-3)15(11-13)16(18-2)12-14-7-5-4-6-8-14/h4-11,16,18H,12H2,1-3H3. The molecule has 0 bridgehead atoms. The molecule has 0 aliphatic carbocycles. The van der Waals surface area contributed by atoms with Gasteiger partial charge in [0, 0.05) is 11.6 Å². The van der Waals surface area contributed by atoms with E-state index in [-0.39, 0.29) is 6.04 Å². The fourth-order valence-electron chi connectivity index (χ4n) is 2.34. The minimum absolute atomic E-state index is 0.261. The van der Waals surface area contributed by atoms with Gasteiger partial charge in [0.1, 0.15) is 5.75 Å². The van der Waals surface area contributed by atoms with Gasteiger partial charge in [0.15, 0.2) is 0 Å². The van der Waals surface area contributed by atoms with Crippen LogP contribution < -0.4 is 10.1 Å². The van der Waals surface area contributed by atoms with E-state index in [4.69, 9.17) is 4.74 Å². The summed E-state index contributed by atoms with van der Waals surface area (Å²) in [6.07, 6.45) is 0.956. The number of rotatable bonds is 5. The zero-order chi connectivity index (χ0) is 13.7. The minimum atomic E-state index is 0.261. The van der Waals surface area contributed by atoms with E-state index >= 15 is 0 Å². The molecule has 1 unspecified atom stereocenters. The van der Waals surface area contributed by atoms with Gasteiger partial charge in [-0.25, -0.2) is 0 Å². The van der Waals surface area contributed by atoms with Crippen LogP contribution >= 0.6 is 0 Å². The van der Waals surface area contributed by atoms with Crippen molar-refractivity contribution in [2.45, 2.75) is 19.4 Å². The van der Waals surface area contributed by atoms with Crippen LogP contribution in [0.3, 0.4) is 0 Å². The second-order valence-electron chi connectivity index (χ2n) is 4.78. The molecule has 0 saturated heterocycles. The third-order valence-electron chi connectivity index (χ3n) is 3.39. The number of benzene rings is 2. The first-order valence-corrected chi connectivity index (χ1v) is 6.60. The first-order chi connectivity index (χ1) is 9.24. The molecule has 2 aromatic rings. The molecule has 0 saturated carbocycles. The van der Waals surface area contributed by atoms with Gasteiger partial charge < -0.3 is 10.1 Å². The van der Waals surface area contributed by atoms with Crippen LogP contribution in [0, 0.1) is 6.92 Å². The van der Waals surface area contributed by atoms with Gasteiger partial charge in [0.05, 0.1) is 7.11 Å². The van der Waals surface area contributed by atoms with Gasteiger partial charge in [0.2, 0.25) is 0 Å². The normalized spacial score (nSPS) is 12.2. The molecular weight excluding hydrogens is 234 g/mol. The Morgan fingerprint density at radius 1 is 1.11 bits per heavy atom. The first kappa shape index (κ1) is 13.6. The summed E-state index contributed by atoms with van der Waals surface area (Å²) >= 11 is 0. The van der Waals surface area contributed by atoms with Gasteiger partial charge in [-0.05, 0) is 32.0 Å². The summed E-state index contributed by atoms with van der Waals surface area (Å²) in [6, 6.07) is 17.1. The van der Waals surface area contributed by atoms with E-state index in [9.17, 15) is 0 Å². The van der Waals surface area contributed by atoms with Gasteiger partial charge >= 0.3 is 0 Å². The van der Waals surface area contributed by atoms with Crippen LogP contribution in [0.4, 0.5) is 0 Å². The van der Waals surface area contributed by atoms with Crippen LogP contribution in [0.2, 0.25) is 0 Å². The lowest BCUT2D eigenvalue weighted by molar-refractivity contribution is 0.401. The fraction of sp³-hybridized carbons (Fsp3) is 0.294. The molecule has 0 aromatic heterocycles. The Labute approximate surface area is 115 Å². The SMILES string of the molecule is CNC(Cc1ccccc1)c1cc(C)ccc1OC. The van der Waals surface area contributed by atoms with Crippen molar-refractivity contribution in [1.29, 1.82) is 0 Å². The molecule has 2 nitrogen and oxygen atoms in total. The van der Waals surface area contributed by atoms with E-state index in [0.29, 0.717) is 0 Å². The Bertz CT molecular complexity index is 522. The van der Waals surface area contributed by atoms with Crippen molar-refractivity contribution in [1.82, 2.24) is 5.32 Å². The van der Waals surface area contributed by atoms with Crippen LogP contribution in [0.15, 0.2) is 48.5 Å². The number of hydrogen-bond donors (Lipinski definition) is 1. The van der Waals surface area contributed by atoms with Crippen LogP contribution in [0.5, 0.6) is 5.75 Å². The Morgan fingerprint density at radius 3 is 2.47 bits per heavy atom. The fourth-order valence-corrected chi connectivity index (χ4v) is 2.34. The van der Waals surface area contributed by atoms with Gasteiger partial charge in [-0.2, -0.15) is 0 Å². The largest absolute Gasteiger partial charge is 0.496 e. The Balaban J connectivity index is 2.29. The van der Waals surface area contributed by atoms with Crippen LogP contribution in [-0.2, 0) is 6.42 Å². The van der Waals surface area contributed by atoms with E-state index < -0.39 is 0 Å². The van der Waals surface area contributed by atoms with Gasteiger partial charge in [-0.3, -0.25) is 0 Å². The highest BCUT2D eigenvalue weighted by Gasteiger charge is 2.15. The average molecular weight is 255 g/mol. The molecule has 0 radical (unpaired) electrons. The molecule has 0 aliphatic rings. The maximum absolute atomic E-state index is 5.48. The van der Waals surface area contributed by atoms with E-state index in [1.807, 2.05) is 19.2 Å². The van der Waals surface area contributed by atoms with Crippen molar-refractivity contribution >= 4 is 0 Å². The molecule has 100 valence electrons. The predicted molar refractivity (Wildman–Crippen MR) is 79.7 cm³/mol. The monoisotopic (exact) mass is 255 g/mol. The van der Waals surface area contributed by atoms with E-state index in [1.54, 1.807) is 7.11 Å². The van der Waals surface area contributed by atoms with Crippen molar-refractivity contribution in [3.05, 3.63) is 65.2 Å². The molecule has 0 aliphatic heterocycles. The van der Waals surface area contributed by atoms with Crippen LogP contribution in [0.1, 0.15) is 22.7 Å². The first-order valence-electron chi connectivity index (χ1n) is 6.60. The molecule has 0 heterocycles. The second-order valence-corrected chi connectivity index (χ2v) is 4.78. The van der Waals surface area contributed by atoms with Crippen molar-refractivity contribution in [2.75, 3.05) is 14.2 Å². The third kappa shape index (κ3) is 3.36. The third-order valence-corrected chi connectivity index (χ3v) is 3.39. The maximum Gasteiger partial charge on any atom is 0.123 e. The van der Waals surface area contributed by atoms with Crippen LogP contribution in [0.25, 0.3) is 0 Å². The smallest absolute Gasteiger partial charge is 0.123 e. The van der Waals surface area contributed by atoms with E-state index in [2.05, 4.69) is 48.6 Å². The highest BCUT2D eigenvalue weighted by Crippen LogP contribution is 2.28. The number of hydrogen-bond acceptors (Lipinski definition) is 2. The van der Waals surface area contributed by atoms with E-state index in [1.165, 1.54) is 16.7 Å². The summed E-state index contributed by atoms with van der Waals surface area (Å²) in [5, 5.41) is 3.39. The molecule has 1 N–H and O–H groups in total. The summed E-state index contributed by atoms with van der Waals surface area (Å²) in [4.78, 5) is 0.